The first-order valence-corrected chi connectivity index (χ1v) is 10.8. The third-order valence-corrected chi connectivity index (χ3v) is 5.85. The fourth-order valence-corrected chi connectivity index (χ4v) is 4.28. The Hall–Kier alpha value is -1.92. The molecule has 4 rings (SSSR count). The van der Waals surface area contributed by atoms with Crippen molar-refractivity contribution >= 4 is 0 Å². The highest BCUT2D eigenvalue weighted by molar-refractivity contribution is 5.28. The number of hydrogen-bond donors (Lipinski definition) is 1. The van der Waals surface area contributed by atoms with E-state index in [9.17, 15) is 5.11 Å². The summed E-state index contributed by atoms with van der Waals surface area (Å²) in [5.41, 5.74) is 2.61. The molecule has 5 nitrogen and oxygen atoms in total. The van der Waals surface area contributed by atoms with E-state index < -0.39 is 6.10 Å². The number of aliphatic hydroxyl groups excluding tert-OH is 1. The predicted molar refractivity (Wildman–Crippen MR) is 114 cm³/mol. The Morgan fingerprint density at radius 1 is 1.03 bits per heavy atom. The molecule has 2 aromatic rings. The molecule has 29 heavy (non-hydrogen) atoms. The highest BCUT2D eigenvalue weighted by atomic mass is 16.7. The molecule has 5 heteroatoms. The number of piperidine rings is 1. The van der Waals surface area contributed by atoms with Gasteiger partial charge in [0.25, 0.3) is 0 Å². The van der Waals surface area contributed by atoms with Gasteiger partial charge in [-0.1, -0.05) is 42.5 Å². The second kappa shape index (κ2) is 10.2. The van der Waals surface area contributed by atoms with Crippen molar-refractivity contribution in [3.8, 4) is 5.75 Å². The van der Waals surface area contributed by atoms with Crippen LogP contribution in [0.4, 0.5) is 0 Å². The Morgan fingerprint density at radius 3 is 2.62 bits per heavy atom. The molecule has 156 valence electrons. The molecule has 2 aliphatic rings. The maximum Gasteiger partial charge on any atom is 0.119 e. The number of aliphatic hydroxyl groups is 1. The van der Waals surface area contributed by atoms with Gasteiger partial charge in [0, 0.05) is 19.6 Å². The molecule has 1 atom stereocenters. The lowest BCUT2D eigenvalue weighted by molar-refractivity contribution is -0.117. The zero-order chi connectivity index (χ0) is 19.9. The molecule has 0 radical (unpaired) electrons. The number of hydroxylamine groups is 2. The molecule has 0 amide bonds. The molecule has 1 N–H and O–H groups in total. The van der Waals surface area contributed by atoms with Gasteiger partial charge in [-0.3, -0.25) is 4.84 Å². The van der Waals surface area contributed by atoms with Gasteiger partial charge < -0.3 is 14.7 Å². The van der Waals surface area contributed by atoms with Crippen LogP contribution in [0.2, 0.25) is 0 Å². The predicted octanol–water partition coefficient (Wildman–Crippen LogP) is 3.44. The maximum absolute atomic E-state index is 10.4. The van der Waals surface area contributed by atoms with Gasteiger partial charge in [-0.2, -0.15) is 5.06 Å². The fourth-order valence-electron chi connectivity index (χ4n) is 4.28. The van der Waals surface area contributed by atoms with Crippen molar-refractivity contribution in [2.45, 2.75) is 37.8 Å². The van der Waals surface area contributed by atoms with E-state index >= 15 is 0 Å². The molecule has 1 unspecified atom stereocenters. The average molecular weight is 397 g/mol. The molecule has 2 aromatic carbocycles. The van der Waals surface area contributed by atoms with E-state index in [4.69, 9.17) is 9.57 Å². The van der Waals surface area contributed by atoms with E-state index in [0.29, 0.717) is 19.1 Å². The van der Waals surface area contributed by atoms with Crippen LogP contribution in [0.1, 0.15) is 36.3 Å². The number of benzene rings is 2. The molecule has 0 aromatic heterocycles. The molecule has 0 spiro atoms. The molecule has 2 aliphatic heterocycles. The maximum atomic E-state index is 10.4. The van der Waals surface area contributed by atoms with Crippen molar-refractivity contribution in [2.24, 2.45) is 0 Å². The highest BCUT2D eigenvalue weighted by Gasteiger charge is 2.22. The first-order chi connectivity index (χ1) is 14.3. The SMILES string of the molecule is OC(COc1cccc(CN2CCCO2)c1)CN1CCC(c2ccccc2)CC1. The Bertz CT molecular complexity index is 741. The largest absolute Gasteiger partial charge is 0.491 e. The number of likely N-dealkylation sites (tertiary alicyclic amines) is 1. The van der Waals surface area contributed by atoms with Crippen LogP contribution >= 0.6 is 0 Å². The third kappa shape index (κ3) is 6.03. The van der Waals surface area contributed by atoms with Crippen molar-refractivity contribution < 1.29 is 14.7 Å². The number of ether oxygens (including phenoxy) is 1. The quantitative estimate of drug-likeness (QED) is 0.741. The molecule has 2 heterocycles. The summed E-state index contributed by atoms with van der Waals surface area (Å²) >= 11 is 0. The highest BCUT2D eigenvalue weighted by Crippen LogP contribution is 2.27. The Kier molecular flexibility index (Phi) is 7.17. The monoisotopic (exact) mass is 396 g/mol. The molecular formula is C24H32N2O3. The van der Waals surface area contributed by atoms with E-state index in [-0.39, 0.29) is 0 Å². The average Bonchev–Trinajstić information content (AvgIpc) is 3.27. The summed E-state index contributed by atoms with van der Waals surface area (Å²) in [6.45, 7) is 5.61. The van der Waals surface area contributed by atoms with Crippen LogP contribution < -0.4 is 4.74 Å². The zero-order valence-corrected chi connectivity index (χ0v) is 17.1. The van der Waals surface area contributed by atoms with Crippen LogP contribution in [0.3, 0.4) is 0 Å². The van der Waals surface area contributed by atoms with E-state index in [2.05, 4.69) is 41.3 Å². The van der Waals surface area contributed by atoms with Crippen LogP contribution in [0.5, 0.6) is 5.75 Å². The van der Waals surface area contributed by atoms with Gasteiger partial charge in [0.05, 0.1) is 6.61 Å². The van der Waals surface area contributed by atoms with E-state index in [0.717, 1.165) is 57.8 Å². The molecule has 2 saturated heterocycles. The first-order valence-electron chi connectivity index (χ1n) is 10.8. The number of β-amino-alcohol motifs (C(OH)–C–C–N with tert-alkyl or cyclic N) is 1. The minimum Gasteiger partial charge on any atom is -0.491 e. The lowest BCUT2D eigenvalue weighted by Crippen LogP contribution is -2.40. The zero-order valence-electron chi connectivity index (χ0n) is 17.1. The summed E-state index contributed by atoms with van der Waals surface area (Å²) in [6.07, 6.45) is 2.91. The molecule has 0 aliphatic carbocycles. The van der Waals surface area contributed by atoms with Crippen LogP contribution in [-0.2, 0) is 11.4 Å². The second-order valence-corrected chi connectivity index (χ2v) is 8.15. The summed E-state index contributed by atoms with van der Waals surface area (Å²) < 4.78 is 5.87. The number of hydrogen-bond acceptors (Lipinski definition) is 5. The smallest absolute Gasteiger partial charge is 0.119 e. The summed E-state index contributed by atoms with van der Waals surface area (Å²) in [5, 5.41) is 12.4. The van der Waals surface area contributed by atoms with Crippen molar-refractivity contribution in [1.29, 1.82) is 0 Å². The van der Waals surface area contributed by atoms with Crippen molar-refractivity contribution in [3.63, 3.8) is 0 Å². The minimum atomic E-state index is -0.478. The van der Waals surface area contributed by atoms with Crippen molar-refractivity contribution in [1.82, 2.24) is 9.96 Å². The number of nitrogens with zero attached hydrogens (tertiary/aromatic N) is 2. The number of rotatable bonds is 8. The Morgan fingerprint density at radius 2 is 1.86 bits per heavy atom. The van der Waals surface area contributed by atoms with Gasteiger partial charge in [-0.15, -0.1) is 0 Å². The molecule has 0 bridgehead atoms. The van der Waals surface area contributed by atoms with Crippen molar-refractivity contribution in [2.75, 3.05) is 39.4 Å². The van der Waals surface area contributed by atoms with Crippen LogP contribution in [0.25, 0.3) is 0 Å². The molecule has 2 fully saturated rings. The van der Waals surface area contributed by atoms with Gasteiger partial charge >= 0.3 is 0 Å². The fraction of sp³-hybridized carbons (Fsp3) is 0.500. The van der Waals surface area contributed by atoms with Gasteiger partial charge in [-0.05, 0) is 61.5 Å². The molecule has 0 saturated carbocycles. The lowest BCUT2D eigenvalue weighted by Gasteiger charge is -2.33. The van der Waals surface area contributed by atoms with E-state index in [1.807, 2.05) is 23.3 Å². The Balaban J connectivity index is 1.19. The summed E-state index contributed by atoms with van der Waals surface area (Å²) in [5.74, 6) is 1.45. The van der Waals surface area contributed by atoms with Gasteiger partial charge in [0.2, 0.25) is 0 Å². The van der Waals surface area contributed by atoms with Crippen LogP contribution in [0, 0.1) is 0 Å². The second-order valence-electron chi connectivity index (χ2n) is 8.15. The normalized spacial score (nSPS) is 20.0. The Labute approximate surface area is 173 Å². The van der Waals surface area contributed by atoms with E-state index in [1.165, 1.54) is 11.1 Å². The summed E-state index contributed by atoms with van der Waals surface area (Å²) in [6, 6.07) is 18.9. The van der Waals surface area contributed by atoms with Gasteiger partial charge in [-0.25, -0.2) is 0 Å². The van der Waals surface area contributed by atoms with E-state index in [1.54, 1.807) is 0 Å². The van der Waals surface area contributed by atoms with Gasteiger partial charge in [0.15, 0.2) is 0 Å². The molecular weight excluding hydrogens is 364 g/mol. The third-order valence-electron chi connectivity index (χ3n) is 5.85. The lowest BCUT2D eigenvalue weighted by atomic mass is 9.89. The topological polar surface area (TPSA) is 45.2 Å². The minimum absolute atomic E-state index is 0.322. The summed E-state index contributed by atoms with van der Waals surface area (Å²) in [4.78, 5) is 7.92. The first kappa shape index (κ1) is 20.4. The van der Waals surface area contributed by atoms with Crippen molar-refractivity contribution in [3.05, 3.63) is 65.7 Å². The standard InChI is InChI=1S/C24H32N2O3/c27-23(18-25-13-10-22(11-14-25)21-7-2-1-3-8-21)19-28-24-9-4-6-20(16-24)17-26-12-5-15-29-26/h1-4,6-9,16,22-23,27H,5,10-15,17-19H2. The van der Waals surface area contributed by atoms with Crippen LogP contribution in [-0.4, -0.2) is 60.6 Å². The van der Waals surface area contributed by atoms with Crippen LogP contribution in [0.15, 0.2) is 54.6 Å². The summed E-state index contributed by atoms with van der Waals surface area (Å²) in [7, 11) is 0. The van der Waals surface area contributed by atoms with Gasteiger partial charge in [0.1, 0.15) is 18.5 Å².